The van der Waals surface area contributed by atoms with Gasteiger partial charge in [-0.25, -0.2) is 0 Å². The molecule has 108 valence electrons. The highest BCUT2D eigenvalue weighted by atomic mass is 16.3. The van der Waals surface area contributed by atoms with Crippen LogP contribution in [0.4, 0.5) is 0 Å². The maximum atomic E-state index is 12.6. The van der Waals surface area contributed by atoms with Crippen molar-refractivity contribution in [2.75, 3.05) is 6.61 Å². The third-order valence-electron chi connectivity index (χ3n) is 4.49. The number of hydrogen-bond donors (Lipinski definition) is 2. The predicted octanol–water partition coefficient (Wildman–Crippen LogP) is 2.46. The molecule has 1 aromatic rings. The van der Waals surface area contributed by atoms with Crippen molar-refractivity contribution in [1.29, 1.82) is 0 Å². The third-order valence-corrected chi connectivity index (χ3v) is 4.49. The Labute approximate surface area is 120 Å². The van der Waals surface area contributed by atoms with E-state index in [0.29, 0.717) is 18.3 Å². The molecule has 2 atom stereocenters. The van der Waals surface area contributed by atoms with Crippen LogP contribution in [-0.2, 0) is 4.79 Å². The maximum Gasteiger partial charge on any atom is 0.228 e. The SMILES string of the molecule is O=C(NC(CCO)C1CC1)C(c1ccccc1)C1CC1. The minimum absolute atomic E-state index is 0.00357. The van der Waals surface area contributed by atoms with Crippen molar-refractivity contribution in [1.82, 2.24) is 5.32 Å². The van der Waals surface area contributed by atoms with Crippen LogP contribution in [0.2, 0.25) is 0 Å². The van der Waals surface area contributed by atoms with Crippen molar-refractivity contribution in [3.63, 3.8) is 0 Å². The van der Waals surface area contributed by atoms with Gasteiger partial charge in [0, 0.05) is 12.6 Å². The Bertz CT molecular complexity index is 451. The number of aliphatic hydroxyl groups is 1. The van der Waals surface area contributed by atoms with Crippen LogP contribution in [0.25, 0.3) is 0 Å². The Morgan fingerprint density at radius 2 is 1.80 bits per heavy atom. The fraction of sp³-hybridized carbons (Fsp3) is 0.588. The number of aliphatic hydroxyl groups excluding tert-OH is 1. The monoisotopic (exact) mass is 273 g/mol. The Morgan fingerprint density at radius 1 is 1.15 bits per heavy atom. The van der Waals surface area contributed by atoms with E-state index in [-0.39, 0.29) is 24.5 Å². The topological polar surface area (TPSA) is 49.3 Å². The lowest BCUT2D eigenvalue weighted by atomic mass is 9.92. The number of rotatable bonds is 7. The average molecular weight is 273 g/mol. The van der Waals surface area contributed by atoms with E-state index < -0.39 is 0 Å². The molecule has 0 radical (unpaired) electrons. The van der Waals surface area contributed by atoms with Crippen LogP contribution in [0.15, 0.2) is 30.3 Å². The van der Waals surface area contributed by atoms with Gasteiger partial charge in [0.1, 0.15) is 0 Å². The van der Waals surface area contributed by atoms with Gasteiger partial charge in [-0.05, 0) is 49.5 Å². The van der Waals surface area contributed by atoms with E-state index >= 15 is 0 Å². The highest BCUT2D eigenvalue weighted by Crippen LogP contribution is 2.43. The lowest BCUT2D eigenvalue weighted by Crippen LogP contribution is -2.40. The highest BCUT2D eigenvalue weighted by Gasteiger charge is 2.39. The molecule has 20 heavy (non-hydrogen) atoms. The highest BCUT2D eigenvalue weighted by molar-refractivity contribution is 5.84. The van der Waals surface area contributed by atoms with Gasteiger partial charge in [0.05, 0.1) is 5.92 Å². The van der Waals surface area contributed by atoms with Gasteiger partial charge in [-0.2, -0.15) is 0 Å². The summed E-state index contributed by atoms with van der Waals surface area (Å²) in [5.74, 6) is 1.24. The summed E-state index contributed by atoms with van der Waals surface area (Å²) in [4.78, 5) is 12.6. The smallest absolute Gasteiger partial charge is 0.228 e. The van der Waals surface area contributed by atoms with Gasteiger partial charge in [-0.15, -0.1) is 0 Å². The van der Waals surface area contributed by atoms with Crippen LogP contribution in [0, 0.1) is 11.8 Å². The van der Waals surface area contributed by atoms with E-state index in [1.165, 1.54) is 12.8 Å². The van der Waals surface area contributed by atoms with Crippen molar-refractivity contribution >= 4 is 5.91 Å². The number of nitrogens with one attached hydrogen (secondary N) is 1. The van der Waals surface area contributed by atoms with Gasteiger partial charge < -0.3 is 10.4 Å². The number of benzene rings is 1. The molecule has 3 rings (SSSR count). The summed E-state index contributed by atoms with van der Waals surface area (Å²) in [6, 6.07) is 10.3. The maximum absolute atomic E-state index is 12.6. The molecule has 0 spiro atoms. The molecule has 0 saturated heterocycles. The molecular formula is C17H23NO2. The molecule has 2 saturated carbocycles. The lowest BCUT2D eigenvalue weighted by molar-refractivity contribution is -0.124. The zero-order valence-electron chi connectivity index (χ0n) is 11.8. The Hall–Kier alpha value is -1.35. The summed E-state index contributed by atoms with van der Waals surface area (Å²) in [6.45, 7) is 0.154. The molecule has 0 aliphatic heterocycles. The standard InChI is InChI=1S/C17H23NO2/c19-11-10-15(12-6-7-12)18-17(20)16(14-8-9-14)13-4-2-1-3-5-13/h1-5,12,14-16,19H,6-11H2,(H,18,20). The van der Waals surface area contributed by atoms with Gasteiger partial charge in [0.2, 0.25) is 5.91 Å². The van der Waals surface area contributed by atoms with Crippen LogP contribution < -0.4 is 5.32 Å². The molecule has 2 aliphatic rings. The molecule has 2 N–H and O–H groups in total. The molecule has 0 aromatic heterocycles. The number of carbonyl (C=O) groups excluding carboxylic acids is 1. The number of carbonyl (C=O) groups is 1. The molecule has 3 nitrogen and oxygen atoms in total. The zero-order chi connectivity index (χ0) is 13.9. The van der Waals surface area contributed by atoms with Crippen molar-refractivity contribution in [3.05, 3.63) is 35.9 Å². The van der Waals surface area contributed by atoms with E-state index in [1.54, 1.807) is 0 Å². The Morgan fingerprint density at radius 3 is 2.35 bits per heavy atom. The summed E-state index contributed by atoms with van der Waals surface area (Å²) in [5, 5.41) is 12.4. The first-order chi connectivity index (χ1) is 9.79. The second-order valence-electron chi connectivity index (χ2n) is 6.19. The molecular weight excluding hydrogens is 250 g/mol. The first-order valence-electron chi connectivity index (χ1n) is 7.75. The molecule has 3 heteroatoms. The van der Waals surface area contributed by atoms with Crippen LogP contribution >= 0.6 is 0 Å². The van der Waals surface area contributed by atoms with E-state index in [2.05, 4.69) is 17.4 Å². The Balaban J connectivity index is 1.69. The van der Waals surface area contributed by atoms with Crippen LogP contribution in [0.5, 0.6) is 0 Å². The number of hydrogen-bond acceptors (Lipinski definition) is 2. The molecule has 2 aliphatic carbocycles. The molecule has 2 fully saturated rings. The van der Waals surface area contributed by atoms with E-state index in [1.807, 2.05) is 18.2 Å². The predicted molar refractivity (Wildman–Crippen MR) is 78.3 cm³/mol. The minimum Gasteiger partial charge on any atom is -0.396 e. The van der Waals surface area contributed by atoms with Gasteiger partial charge in [-0.1, -0.05) is 30.3 Å². The summed E-state index contributed by atoms with van der Waals surface area (Å²) in [6.07, 6.45) is 5.36. The van der Waals surface area contributed by atoms with Gasteiger partial charge in [-0.3, -0.25) is 4.79 Å². The quantitative estimate of drug-likeness (QED) is 0.801. The minimum atomic E-state index is -0.00357. The van der Waals surface area contributed by atoms with Crippen molar-refractivity contribution < 1.29 is 9.90 Å². The third kappa shape index (κ3) is 3.21. The molecule has 0 bridgehead atoms. The van der Waals surface area contributed by atoms with Crippen LogP contribution in [0.3, 0.4) is 0 Å². The van der Waals surface area contributed by atoms with E-state index in [4.69, 9.17) is 5.11 Å². The van der Waals surface area contributed by atoms with Gasteiger partial charge in [0.25, 0.3) is 0 Å². The number of amides is 1. The molecule has 1 amide bonds. The summed E-state index contributed by atoms with van der Waals surface area (Å²) in [7, 11) is 0. The fourth-order valence-electron chi connectivity index (χ4n) is 3.06. The van der Waals surface area contributed by atoms with Crippen LogP contribution in [-0.4, -0.2) is 23.7 Å². The summed E-state index contributed by atoms with van der Waals surface area (Å²) >= 11 is 0. The van der Waals surface area contributed by atoms with E-state index in [9.17, 15) is 4.79 Å². The van der Waals surface area contributed by atoms with Crippen molar-refractivity contribution in [2.24, 2.45) is 11.8 Å². The average Bonchev–Trinajstić information content (AvgIpc) is 3.33. The molecule has 0 heterocycles. The second kappa shape index (κ2) is 5.96. The van der Waals surface area contributed by atoms with E-state index in [0.717, 1.165) is 18.4 Å². The lowest BCUT2D eigenvalue weighted by Gasteiger charge is -2.22. The summed E-state index contributed by atoms with van der Waals surface area (Å²) in [5.41, 5.74) is 1.13. The van der Waals surface area contributed by atoms with Gasteiger partial charge >= 0.3 is 0 Å². The second-order valence-corrected chi connectivity index (χ2v) is 6.19. The molecule has 1 aromatic carbocycles. The van der Waals surface area contributed by atoms with Gasteiger partial charge in [0.15, 0.2) is 0 Å². The Kier molecular flexibility index (Phi) is 4.06. The van der Waals surface area contributed by atoms with Crippen molar-refractivity contribution in [2.45, 2.75) is 44.1 Å². The zero-order valence-corrected chi connectivity index (χ0v) is 11.8. The summed E-state index contributed by atoms with van der Waals surface area (Å²) < 4.78 is 0. The first-order valence-corrected chi connectivity index (χ1v) is 7.75. The fourth-order valence-corrected chi connectivity index (χ4v) is 3.06. The molecule has 2 unspecified atom stereocenters. The largest absolute Gasteiger partial charge is 0.396 e. The first kappa shape index (κ1) is 13.6. The van der Waals surface area contributed by atoms with Crippen LogP contribution in [0.1, 0.15) is 43.6 Å². The van der Waals surface area contributed by atoms with Crippen molar-refractivity contribution in [3.8, 4) is 0 Å². The normalized spacial score (nSPS) is 21.2.